The summed E-state index contributed by atoms with van der Waals surface area (Å²) in [5, 5.41) is 0. The summed E-state index contributed by atoms with van der Waals surface area (Å²) in [7, 11) is 0. The van der Waals surface area contributed by atoms with E-state index in [0.717, 1.165) is 19.2 Å². The molecule has 6 heteroatoms. The predicted molar refractivity (Wildman–Crippen MR) is 110 cm³/mol. The van der Waals surface area contributed by atoms with Crippen LogP contribution in [0, 0.1) is 3.57 Å². The Hall–Kier alpha value is -1.67. The Kier molecular flexibility index (Phi) is 5.58. The minimum Gasteiger partial charge on any atom is -0.490 e. The lowest BCUT2D eigenvalue weighted by atomic mass is 10.1. The summed E-state index contributed by atoms with van der Waals surface area (Å²) in [5.74, 6) is 0.540. The fraction of sp³-hybridized carbons (Fsp3) is 0.158. The second kappa shape index (κ2) is 7.70. The molecule has 1 aliphatic heterocycles. The first-order valence-electron chi connectivity index (χ1n) is 7.67. The standard InChI is InChI=1S/C19H15BrINO3/c1-11(2)24-17-6-4-3-5-12(17)10-16-19(23)25-18(22-16)13-7-8-15(21)14(20)9-13/h3-11H,1-2H3/b16-10-. The smallest absolute Gasteiger partial charge is 0.363 e. The Morgan fingerprint density at radius 3 is 2.72 bits per heavy atom. The number of ether oxygens (including phenoxy) is 2. The quantitative estimate of drug-likeness (QED) is 0.322. The van der Waals surface area contributed by atoms with Crippen molar-refractivity contribution in [3.8, 4) is 5.75 Å². The van der Waals surface area contributed by atoms with E-state index in [-0.39, 0.29) is 11.8 Å². The summed E-state index contributed by atoms with van der Waals surface area (Å²) in [6, 6.07) is 13.2. The highest BCUT2D eigenvalue weighted by Gasteiger charge is 2.25. The average molecular weight is 512 g/mol. The van der Waals surface area contributed by atoms with Gasteiger partial charge in [0.05, 0.1) is 6.10 Å². The summed E-state index contributed by atoms with van der Waals surface area (Å²) in [5.41, 5.74) is 1.79. The van der Waals surface area contributed by atoms with Crippen molar-refractivity contribution in [1.82, 2.24) is 0 Å². The maximum atomic E-state index is 12.2. The van der Waals surface area contributed by atoms with Crippen molar-refractivity contribution < 1.29 is 14.3 Å². The number of para-hydroxylation sites is 1. The topological polar surface area (TPSA) is 47.9 Å². The van der Waals surface area contributed by atoms with Crippen molar-refractivity contribution >= 4 is 56.5 Å². The van der Waals surface area contributed by atoms with Crippen molar-refractivity contribution in [3.63, 3.8) is 0 Å². The third kappa shape index (κ3) is 4.30. The normalized spacial score (nSPS) is 15.5. The van der Waals surface area contributed by atoms with Crippen molar-refractivity contribution in [2.75, 3.05) is 0 Å². The van der Waals surface area contributed by atoms with Crippen LogP contribution in [0.2, 0.25) is 0 Å². The van der Waals surface area contributed by atoms with Gasteiger partial charge in [0.15, 0.2) is 5.70 Å². The van der Waals surface area contributed by atoms with Crippen LogP contribution in [0.3, 0.4) is 0 Å². The molecule has 3 rings (SSSR count). The Labute approximate surface area is 168 Å². The minimum absolute atomic E-state index is 0.0401. The predicted octanol–water partition coefficient (Wildman–Crippen LogP) is 5.19. The van der Waals surface area contributed by atoms with E-state index in [9.17, 15) is 4.79 Å². The van der Waals surface area contributed by atoms with Crippen LogP contribution in [-0.2, 0) is 9.53 Å². The highest BCUT2D eigenvalue weighted by atomic mass is 127. The van der Waals surface area contributed by atoms with E-state index >= 15 is 0 Å². The number of benzene rings is 2. The molecular weight excluding hydrogens is 497 g/mol. The Bertz CT molecular complexity index is 890. The van der Waals surface area contributed by atoms with Gasteiger partial charge in [-0.15, -0.1) is 0 Å². The van der Waals surface area contributed by atoms with Crippen LogP contribution in [0.25, 0.3) is 6.08 Å². The number of cyclic esters (lactones) is 1. The average Bonchev–Trinajstić information content (AvgIpc) is 2.92. The van der Waals surface area contributed by atoms with E-state index in [1.807, 2.05) is 56.3 Å². The molecule has 0 spiro atoms. The van der Waals surface area contributed by atoms with Gasteiger partial charge in [0.1, 0.15) is 5.75 Å². The van der Waals surface area contributed by atoms with Crippen LogP contribution < -0.4 is 4.74 Å². The number of hydrogen-bond donors (Lipinski definition) is 0. The molecule has 0 bridgehead atoms. The van der Waals surface area contributed by atoms with Crippen LogP contribution in [0.5, 0.6) is 5.75 Å². The van der Waals surface area contributed by atoms with Gasteiger partial charge in [-0.2, -0.15) is 0 Å². The van der Waals surface area contributed by atoms with Crippen molar-refractivity contribution in [3.05, 3.63) is 67.3 Å². The first kappa shape index (κ1) is 18.1. The second-order valence-electron chi connectivity index (χ2n) is 5.67. The van der Waals surface area contributed by atoms with Crippen LogP contribution in [0.4, 0.5) is 0 Å². The molecule has 2 aromatic rings. The van der Waals surface area contributed by atoms with Gasteiger partial charge in [0, 0.05) is 19.2 Å². The largest absolute Gasteiger partial charge is 0.490 e. The van der Waals surface area contributed by atoms with Crippen molar-refractivity contribution in [2.24, 2.45) is 4.99 Å². The van der Waals surface area contributed by atoms with E-state index in [1.165, 1.54) is 0 Å². The van der Waals surface area contributed by atoms with Gasteiger partial charge in [0.25, 0.3) is 0 Å². The van der Waals surface area contributed by atoms with E-state index in [1.54, 1.807) is 6.08 Å². The first-order valence-corrected chi connectivity index (χ1v) is 9.55. The number of esters is 1. The zero-order valence-corrected chi connectivity index (χ0v) is 17.4. The van der Waals surface area contributed by atoms with Crippen molar-refractivity contribution in [2.45, 2.75) is 20.0 Å². The zero-order valence-electron chi connectivity index (χ0n) is 13.6. The lowest BCUT2D eigenvalue weighted by molar-refractivity contribution is -0.129. The number of halogens is 2. The third-order valence-corrected chi connectivity index (χ3v) is 5.70. The molecule has 1 aliphatic rings. The second-order valence-corrected chi connectivity index (χ2v) is 7.69. The monoisotopic (exact) mass is 511 g/mol. The van der Waals surface area contributed by atoms with Crippen LogP contribution in [-0.4, -0.2) is 18.0 Å². The number of carbonyl (C=O) groups is 1. The highest BCUT2D eigenvalue weighted by molar-refractivity contribution is 14.1. The molecule has 0 unspecified atom stereocenters. The number of aliphatic imine (C=N–C) groups is 1. The van der Waals surface area contributed by atoms with Gasteiger partial charge >= 0.3 is 5.97 Å². The Morgan fingerprint density at radius 2 is 2.00 bits per heavy atom. The van der Waals surface area contributed by atoms with Crippen LogP contribution in [0.15, 0.2) is 57.6 Å². The molecule has 25 heavy (non-hydrogen) atoms. The van der Waals surface area contributed by atoms with E-state index in [4.69, 9.17) is 9.47 Å². The molecule has 0 amide bonds. The van der Waals surface area contributed by atoms with Gasteiger partial charge < -0.3 is 9.47 Å². The first-order chi connectivity index (χ1) is 11.9. The molecule has 0 saturated heterocycles. The summed E-state index contributed by atoms with van der Waals surface area (Å²) in [6.45, 7) is 3.91. The summed E-state index contributed by atoms with van der Waals surface area (Å²) >= 11 is 5.70. The SMILES string of the molecule is CC(C)Oc1ccccc1/C=C1\N=C(c2ccc(I)c(Br)c2)OC1=O. The van der Waals surface area contributed by atoms with E-state index in [2.05, 4.69) is 43.5 Å². The van der Waals surface area contributed by atoms with Gasteiger partial charge in [0.2, 0.25) is 5.90 Å². The molecule has 0 N–H and O–H groups in total. The molecule has 0 radical (unpaired) electrons. The number of rotatable bonds is 4. The molecule has 0 fully saturated rings. The molecular formula is C19H15BrINO3. The molecule has 0 saturated carbocycles. The van der Waals surface area contributed by atoms with Crippen molar-refractivity contribution in [1.29, 1.82) is 0 Å². The number of nitrogens with zero attached hydrogens (tertiary/aromatic N) is 1. The van der Waals surface area contributed by atoms with Crippen LogP contribution >= 0.6 is 38.5 Å². The highest BCUT2D eigenvalue weighted by Crippen LogP contribution is 2.27. The van der Waals surface area contributed by atoms with E-state index in [0.29, 0.717) is 11.6 Å². The Balaban J connectivity index is 1.95. The van der Waals surface area contributed by atoms with Crippen LogP contribution in [0.1, 0.15) is 25.0 Å². The lowest BCUT2D eigenvalue weighted by Gasteiger charge is -2.12. The number of hydrogen-bond acceptors (Lipinski definition) is 4. The molecule has 0 aliphatic carbocycles. The molecule has 2 aromatic carbocycles. The van der Waals surface area contributed by atoms with E-state index < -0.39 is 5.97 Å². The minimum atomic E-state index is -0.468. The van der Waals surface area contributed by atoms with Gasteiger partial charge in [-0.05, 0) is 82.7 Å². The van der Waals surface area contributed by atoms with Gasteiger partial charge in [-0.3, -0.25) is 0 Å². The molecule has 0 atom stereocenters. The zero-order chi connectivity index (χ0) is 18.0. The third-order valence-electron chi connectivity index (χ3n) is 3.36. The lowest BCUT2D eigenvalue weighted by Crippen LogP contribution is -2.07. The van der Waals surface area contributed by atoms with Gasteiger partial charge in [-0.25, -0.2) is 9.79 Å². The fourth-order valence-corrected chi connectivity index (χ4v) is 2.98. The fourth-order valence-electron chi connectivity index (χ4n) is 2.27. The summed E-state index contributed by atoms with van der Waals surface area (Å²) < 4.78 is 13.1. The van der Waals surface area contributed by atoms with Gasteiger partial charge in [-0.1, -0.05) is 18.2 Å². The molecule has 4 nitrogen and oxygen atoms in total. The molecule has 128 valence electrons. The maximum Gasteiger partial charge on any atom is 0.363 e. The number of carbonyl (C=O) groups excluding carboxylic acids is 1. The summed E-state index contributed by atoms with van der Waals surface area (Å²) in [4.78, 5) is 16.5. The summed E-state index contributed by atoms with van der Waals surface area (Å²) in [6.07, 6.45) is 1.73. The molecule has 1 heterocycles. The maximum absolute atomic E-state index is 12.2. The Morgan fingerprint density at radius 1 is 1.24 bits per heavy atom. The molecule has 0 aromatic heterocycles.